The van der Waals surface area contributed by atoms with E-state index < -0.39 is 11.3 Å². The van der Waals surface area contributed by atoms with Gasteiger partial charge in [0.25, 0.3) is 0 Å². The molecular formula is C27H50N2O4. The number of carbonyl (C=O) groups is 2. The SMILES string of the molecule is CCCCNC(=O)C(CC1OC(C)(C)N(C(=O)OC(C)(C)C)C1CC1CCCCC1)C(C)C. The van der Waals surface area contributed by atoms with Crippen LogP contribution in [0.4, 0.5) is 4.79 Å². The van der Waals surface area contributed by atoms with Gasteiger partial charge in [0.1, 0.15) is 11.3 Å². The Kier molecular flexibility index (Phi) is 10.1. The van der Waals surface area contributed by atoms with Crippen molar-refractivity contribution in [2.75, 3.05) is 6.54 Å². The molecule has 1 saturated carbocycles. The summed E-state index contributed by atoms with van der Waals surface area (Å²) in [4.78, 5) is 28.2. The summed E-state index contributed by atoms with van der Waals surface area (Å²) in [5.74, 6) is 0.746. The lowest BCUT2D eigenvalue weighted by Gasteiger charge is -2.37. The first-order valence-electron chi connectivity index (χ1n) is 13.3. The topological polar surface area (TPSA) is 67.9 Å². The predicted molar refractivity (Wildman–Crippen MR) is 133 cm³/mol. The molecule has 0 bridgehead atoms. The molecule has 0 radical (unpaired) electrons. The largest absolute Gasteiger partial charge is 0.444 e. The third-order valence-corrected chi connectivity index (χ3v) is 7.13. The van der Waals surface area contributed by atoms with Gasteiger partial charge in [-0.15, -0.1) is 0 Å². The highest BCUT2D eigenvalue weighted by molar-refractivity contribution is 5.79. The van der Waals surface area contributed by atoms with E-state index in [0.717, 1.165) is 19.3 Å². The quantitative estimate of drug-likeness (QED) is 0.406. The number of hydrogen-bond acceptors (Lipinski definition) is 4. The fourth-order valence-corrected chi connectivity index (χ4v) is 5.42. The van der Waals surface area contributed by atoms with E-state index >= 15 is 0 Å². The zero-order valence-electron chi connectivity index (χ0n) is 22.5. The van der Waals surface area contributed by atoms with E-state index in [4.69, 9.17) is 9.47 Å². The highest BCUT2D eigenvalue weighted by Gasteiger charge is 2.52. The molecule has 0 spiro atoms. The van der Waals surface area contributed by atoms with E-state index in [1.807, 2.05) is 39.5 Å². The summed E-state index contributed by atoms with van der Waals surface area (Å²) >= 11 is 0. The number of ether oxygens (including phenoxy) is 2. The molecule has 0 aromatic heterocycles. The van der Waals surface area contributed by atoms with E-state index in [0.29, 0.717) is 18.9 Å². The molecule has 1 saturated heterocycles. The van der Waals surface area contributed by atoms with Crippen LogP contribution in [-0.4, -0.2) is 46.9 Å². The van der Waals surface area contributed by atoms with E-state index in [-0.39, 0.29) is 36.0 Å². The fourth-order valence-electron chi connectivity index (χ4n) is 5.42. The van der Waals surface area contributed by atoms with Gasteiger partial charge in [-0.2, -0.15) is 0 Å². The molecule has 1 aliphatic carbocycles. The smallest absolute Gasteiger partial charge is 0.412 e. The lowest BCUT2D eigenvalue weighted by Crippen LogP contribution is -2.51. The molecule has 192 valence electrons. The molecule has 3 atom stereocenters. The van der Waals surface area contributed by atoms with Gasteiger partial charge in [-0.05, 0) is 65.7 Å². The lowest BCUT2D eigenvalue weighted by molar-refractivity contribution is -0.129. The summed E-state index contributed by atoms with van der Waals surface area (Å²) in [6.07, 6.45) is 9.30. The summed E-state index contributed by atoms with van der Waals surface area (Å²) in [5, 5.41) is 3.12. The van der Waals surface area contributed by atoms with Crippen molar-refractivity contribution < 1.29 is 19.1 Å². The second-order valence-corrected chi connectivity index (χ2v) is 12.0. The van der Waals surface area contributed by atoms with Gasteiger partial charge >= 0.3 is 6.09 Å². The molecule has 1 aliphatic heterocycles. The maximum absolute atomic E-state index is 13.3. The van der Waals surface area contributed by atoms with Gasteiger partial charge in [-0.1, -0.05) is 59.3 Å². The first kappa shape index (κ1) is 27.9. The number of nitrogens with zero attached hydrogens (tertiary/aromatic N) is 1. The lowest BCUT2D eigenvalue weighted by atomic mass is 9.81. The molecular weight excluding hydrogens is 416 g/mol. The fraction of sp³-hybridized carbons (Fsp3) is 0.926. The molecule has 6 heteroatoms. The van der Waals surface area contributed by atoms with Crippen LogP contribution < -0.4 is 5.32 Å². The van der Waals surface area contributed by atoms with Crippen molar-refractivity contribution >= 4 is 12.0 Å². The number of nitrogens with one attached hydrogen (secondary N) is 1. The van der Waals surface area contributed by atoms with Crippen molar-refractivity contribution in [3.63, 3.8) is 0 Å². The van der Waals surface area contributed by atoms with Crippen molar-refractivity contribution in [3.05, 3.63) is 0 Å². The van der Waals surface area contributed by atoms with Crippen LogP contribution in [-0.2, 0) is 14.3 Å². The van der Waals surface area contributed by atoms with Crippen LogP contribution in [0.15, 0.2) is 0 Å². The van der Waals surface area contributed by atoms with Gasteiger partial charge in [0, 0.05) is 12.5 Å². The molecule has 2 rings (SSSR count). The Bertz CT molecular complexity index is 635. The molecule has 2 aliphatic rings. The first-order chi connectivity index (χ1) is 15.4. The molecule has 33 heavy (non-hydrogen) atoms. The number of rotatable bonds is 9. The standard InChI is InChI=1S/C27H50N2O4/c1-9-10-16-28-24(30)21(19(2)3)18-23-22(17-20-14-12-11-13-15-20)29(27(7,8)32-23)25(31)33-26(4,5)6/h19-23H,9-18H2,1-8H3,(H,28,30). The Morgan fingerprint density at radius 1 is 1.15 bits per heavy atom. The van der Waals surface area contributed by atoms with Gasteiger partial charge in [-0.3, -0.25) is 9.69 Å². The zero-order chi connectivity index (χ0) is 24.8. The minimum absolute atomic E-state index is 0.0809. The Hall–Kier alpha value is -1.30. The van der Waals surface area contributed by atoms with E-state index in [9.17, 15) is 9.59 Å². The average molecular weight is 467 g/mol. The van der Waals surface area contributed by atoms with Crippen LogP contribution in [0, 0.1) is 17.8 Å². The molecule has 3 unspecified atom stereocenters. The van der Waals surface area contributed by atoms with Gasteiger partial charge in [0.2, 0.25) is 5.91 Å². The molecule has 2 fully saturated rings. The monoisotopic (exact) mass is 466 g/mol. The normalized spacial score (nSPS) is 24.7. The van der Waals surface area contributed by atoms with Crippen LogP contribution in [0.2, 0.25) is 0 Å². The Balaban J connectivity index is 2.26. The van der Waals surface area contributed by atoms with Crippen molar-refractivity contribution in [2.24, 2.45) is 17.8 Å². The van der Waals surface area contributed by atoms with Gasteiger partial charge in [0.15, 0.2) is 0 Å². The van der Waals surface area contributed by atoms with Crippen molar-refractivity contribution in [1.29, 1.82) is 0 Å². The van der Waals surface area contributed by atoms with Crippen molar-refractivity contribution in [3.8, 4) is 0 Å². The number of amides is 2. The highest BCUT2D eigenvalue weighted by atomic mass is 16.6. The van der Waals surface area contributed by atoms with E-state index in [1.54, 1.807) is 0 Å². The molecule has 6 nitrogen and oxygen atoms in total. The van der Waals surface area contributed by atoms with Crippen LogP contribution in [0.5, 0.6) is 0 Å². The summed E-state index contributed by atoms with van der Waals surface area (Å²) in [6, 6.07) is -0.0809. The van der Waals surface area contributed by atoms with Gasteiger partial charge in [0.05, 0.1) is 12.1 Å². The van der Waals surface area contributed by atoms with E-state index in [2.05, 4.69) is 26.1 Å². The van der Waals surface area contributed by atoms with Crippen molar-refractivity contribution in [2.45, 2.75) is 137 Å². The predicted octanol–water partition coefficient (Wildman–Crippen LogP) is 6.28. The maximum Gasteiger partial charge on any atom is 0.412 e. The second-order valence-electron chi connectivity index (χ2n) is 12.0. The third kappa shape index (κ3) is 8.15. The van der Waals surface area contributed by atoms with Gasteiger partial charge < -0.3 is 14.8 Å². The van der Waals surface area contributed by atoms with Crippen LogP contribution in [0.3, 0.4) is 0 Å². The average Bonchev–Trinajstić information content (AvgIpc) is 2.94. The number of carbonyl (C=O) groups excluding carboxylic acids is 2. The number of hydrogen-bond donors (Lipinski definition) is 1. The van der Waals surface area contributed by atoms with E-state index in [1.165, 1.54) is 32.1 Å². The summed E-state index contributed by atoms with van der Waals surface area (Å²) < 4.78 is 12.4. The molecule has 1 heterocycles. The third-order valence-electron chi connectivity index (χ3n) is 7.13. The Morgan fingerprint density at radius 2 is 1.79 bits per heavy atom. The molecule has 2 amide bonds. The summed E-state index contributed by atoms with van der Waals surface area (Å²) in [5.41, 5.74) is -1.34. The summed E-state index contributed by atoms with van der Waals surface area (Å²) in [7, 11) is 0. The minimum Gasteiger partial charge on any atom is -0.444 e. The first-order valence-corrected chi connectivity index (χ1v) is 13.3. The minimum atomic E-state index is -0.771. The van der Waals surface area contributed by atoms with Gasteiger partial charge in [-0.25, -0.2) is 4.79 Å². The molecule has 1 N–H and O–H groups in total. The molecule has 0 aromatic carbocycles. The summed E-state index contributed by atoms with van der Waals surface area (Å²) in [6.45, 7) is 16.7. The Morgan fingerprint density at radius 3 is 2.33 bits per heavy atom. The highest BCUT2D eigenvalue weighted by Crippen LogP contribution is 2.41. The second kappa shape index (κ2) is 11.9. The van der Waals surface area contributed by atoms with Crippen molar-refractivity contribution in [1.82, 2.24) is 10.2 Å². The molecule has 0 aromatic rings. The zero-order valence-corrected chi connectivity index (χ0v) is 22.5. The maximum atomic E-state index is 13.3. The number of unbranched alkanes of at least 4 members (excludes halogenated alkanes) is 1. The van der Waals surface area contributed by atoms with Crippen LogP contribution in [0.1, 0.15) is 113 Å². The van der Waals surface area contributed by atoms with Crippen LogP contribution in [0.25, 0.3) is 0 Å². The van der Waals surface area contributed by atoms with Crippen LogP contribution >= 0.6 is 0 Å². The Labute approximate surface area is 202 Å².